The second-order valence-corrected chi connectivity index (χ2v) is 5.71. The third-order valence-corrected chi connectivity index (χ3v) is 3.81. The zero-order valence-corrected chi connectivity index (χ0v) is 13.6. The van der Waals surface area contributed by atoms with Gasteiger partial charge >= 0.3 is 5.97 Å². The van der Waals surface area contributed by atoms with Gasteiger partial charge in [0.15, 0.2) is 6.04 Å². The van der Waals surface area contributed by atoms with E-state index < -0.39 is 12.0 Å². The van der Waals surface area contributed by atoms with Crippen molar-refractivity contribution in [3.63, 3.8) is 0 Å². The molecule has 0 radical (unpaired) electrons. The third-order valence-electron chi connectivity index (χ3n) is 3.81. The van der Waals surface area contributed by atoms with E-state index in [1.807, 2.05) is 67.1 Å². The zero-order chi connectivity index (χ0) is 17.1. The number of nitrogens with one attached hydrogen (secondary N) is 1. The molecular weight excluding hydrogens is 302 g/mol. The molecule has 1 aromatic heterocycles. The number of benzene rings is 2. The predicted octanol–water partition coefficient (Wildman–Crippen LogP) is 3.73. The molecule has 0 aliphatic carbocycles. The van der Waals surface area contributed by atoms with Gasteiger partial charge in [0.2, 0.25) is 0 Å². The highest BCUT2D eigenvalue weighted by Gasteiger charge is 2.19. The van der Waals surface area contributed by atoms with Gasteiger partial charge in [0.1, 0.15) is 0 Å². The average Bonchev–Trinajstić information content (AvgIpc) is 2.92. The fourth-order valence-corrected chi connectivity index (χ4v) is 2.69. The first-order valence-corrected chi connectivity index (χ1v) is 7.72. The highest BCUT2D eigenvalue weighted by molar-refractivity contribution is 5.79. The number of carbonyl (C=O) groups is 1. The van der Waals surface area contributed by atoms with Gasteiger partial charge < -0.3 is 10.4 Å². The van der Waals surface area contributed by atoms with Gasteiger partial charge in [-0.05, 0) is 49.7 Å². The maximum absolute atomic E-state index is 11.6. The van der Waals surface area contributed by atoms with Crippen LogP contribution in [0, 0.1) is 13.8 Å². The van der Waals surface area contributed by atoms with Gasteiger partial charge in [0.05, 0.1) is 11.4 Å². The highest BCUT2D eigenvalue weighted by atomic mass is 16.4. The predicted molar refractivity (Wildman–Crippen MR) is 93.5 cm³/mol. The molecule has 0 aliphatic rings. The number of hydrogen-bond acceptors (Lipinski definition) is 3. The Morgan fingerprint density at radius 1 is 1.08 bits per heavy atom. The summed E-state index contributed by atoms with van der Waals surface area (Å²) in [6, 6.07) is 17.9. The van der Waals surface area contributed by atoms with Crippen molar-refractivity contribution >= 4 is 11.7 Å². The van der Waals surface area contributed by atoms with Crippen LogP contribution in [0.5, 0.6) is 0 Å². The molecule has 0 saturated heterocycles. The Bertz CT molecular complexity index is 839. The first kappa shape index (κ1) is 15.8. The standard InChI is InChI=1S/C19H19N3O2/c1-13-12-14(2)22(21-13)17-10-8-16(9-11-17)20-18(19(23)24)15-6-4-3-5-7-15/h3-12,18,20H,1-2H3,(H,23,24). The molecule has 1 atom stereocenters. The molecular formula is C19H19N3O2. The summed E-state index contributed by atoms with van der Waals surface area (Å²) in [4.78, 5) is 11.6. The van der Waals surface area contributed by atoms with Crippen LogP contribution >= 0.6 is 0 Å². The van der Waals surface area contributed by atoms with E-state index in [1.54, 1.807) is 12.1 Å². The van der Waals surface area contributed by atoms with Crippen LogP contribution in [-0.2, 0) is 4.79 Å². The van der Waals surface area contributed by atoms with E-state index in [1.165, 1.54) is 0 Å². The van der Waals surface area contributed by atoms with Gasteiger partial charge in [-0.15, -0.1) is 0 Å². The minimum Gasteiger partial charge on any atom is -0.479 e. The molecule has 3 rings (SSSR count). The van der Waals surface area contributed by atoms with Gasteiger partial charge in [-0.25, -0.2) is 9.48 Å². The van der Waals surface area contributed by atoms with Crippen LogP contribution in [0.25, 0.3) is 5.69 Å². The summed E-state index contributed by atoms with van der Waals surface area (Å²) >= 11 is 0. The van der Waals surface area contributed by atoms with Crippen LogP contribution < -0.4 is 5.32 Å². The first-order chi connectivity index (χ1) is 11.5. The van der Waals surface area contributed by atoms with E-state index in [2.05, 4.69) is 10.4 Å². The van der Waals surface area contributed by atoms with Crippen molar-refractivity contribution in [2.45, 2.75) is 19.9 Å². The lowest BCUT2D eigenvalue weighted by atomic mass is 10.1. The summed E-state index contributed by atoms with van der Waals surface area (Å²) in [7, 11) is 0. The van der Waals surface area contributed by atoms with Crippen molar-refractivity contribution in [1.29, 1.82) is 0 Å². The number of anilines is 1. The number of nitrogens with zero attached hydrogens (tertiary/aromatic N) is 2. The fraction of sp³-hybridized carbons (Fsp3) is 0.158. The maximum Gasteiger partial charge on any atom is 0.330 e. The molecule has 2 aromatic carbocycles. The SMILES string of the molecule is Cc1cc(C)n(-c2ccc(NC(C(=O)O)c3ccccc3)cc2)n1. The lowest BCUT2D eigenvalue weighted by molar-refractivity contribution is -0.138. The van der Waals surface area contributed by atoms with Crippen LogP contribution in [0.4, 0.5) is 5.69 Å². The molecule has 3 aromatic rings. The van der Waals surface area contributed by atoms with Crippen molar-refractivity contribution < 1.29 is 9.90 Å². The van der Waals surface area contributed by atoms with Crippen molar-refractivity contribution in [3.8, 4) is 5.69 Å². The maximum atomic E-state index is 11.6. The third kappa shape index (κ3) is 3.30. The Balaban J connectivity index is 1.83. The monoisotopic (exact) mass is 321 g/mol. The molecule has 5 nitrogen and oxygen atoms in total. The lowest BCUT2D eigenvalue weighted by Crippen LogP contribution is -2.20. The zero-order valence-electron chi connectivity index (χ0n) is 13.6. The van der Waals surface area contributed by atoms with Crippen LogP contribution in [0.3, 0.4) is 0 Å². The van der Waals surface area contributed by atoms with Crippen LogP contribution in [0.15, 0.2) is 60.7 Å². The summed E-state index contributed by atoms with van der Waals surface area (Å²) in [5.41, 5.74) is 4.42. The van der Waals surface area contributed by atoms with Gasteiger partial charge in [-0.3, -0.25) is 0 Å². The number of aromatic nitrogens is 2. The number of rotatable bonds is 5. The number of hydrogen-bond donors (Lipinski definition) is 2. The summed E-state index contributed by atoms with van der Waals surface area (Å²) in [6.07, 6.45) is 0. The van der Waals surface area contributed by atoms with E-state index in [9.17, 15) is 9.90 Å². The average molecular weight is 321 g/mol. The van der Waals surface area contributed by atoms with Gasteiger partial charge in [-0.2, -0.15) is 5.10 Å². The van der Waals surface area contributed by atoms with Crippen molar-refractivity contribution in [1.82, 2.24) is 9.78 Å². The van der Waals surface area contributed by atoms with E-state index in [0.717, 1.165) is 22.8 Å². The molecule has 0 fully saturated rings. The van der Waals surface area contributed by atoms with Crippen LogP contribution in [-0.4, -0.2) is 20.9 Å². The van der Waals surface area contributed by atoms with Crippen molar-refractivity contribution in [2.24, 2.45) is 0 Å². The van der Waals surface area contributed by atoms with E-state index >= 15 is 0 Å². The molecule has 2 N–H and O–H groups in total. The topological polar surface area (TPSA) is 67.2 Å². The fourth-order valence-electron chi connectivity index (χ4n) is 2.69. The number of carboxylic acid groups (broad SMARTS) is 1. The molecule has 0 aliphatic heterocycles. The Morgan fingerprint density at radius 3 is 2.29 bits per heavy atom. The van der Waals surface area contributed by atoms with Crippen molar-refractivity contribution in [2.75, 3.05) is 5.32 Å². The second-order valence-electron chi connectivity index (χ2n) is 5.71. The molecule has 1 heterocycles. The van der Waals surface area contributed by atoms with E-state index in [0.29, 0.717) is 5.56 Å². The number of carboxylic acids is 1. The second kappa shape index (κ2) is 6.58. The number of aliphatic carboxylic acids is 1. The quantitative estimate of drug-likeness (QED) is 0.751. The molecule has 0 saturated carbocycles. The summed E-state index contributed by atoms with van der Waals surface area (Å²) < 4.78 is 1.87. The van der Waals surface area contributed by atoms with Gasteiger partial charge in [-0.1, -0.05) is 30.3 Å². The van der Waals surface area contributed by atoms with Crippen molar-refractivity contribution in [3.05, 3.63) is 77.6 Å². The van der Waals surface area contributed by atoms with Gasteiger partial charge in [0.25, 0.3) is 0 Å². The Morgan fingerprint density at radius 2 is 1.75 bits per heavy atom. The molecule has 0 bridgehead atoms. The lowest BCUT2D eigenvalue weighted by Gasteiger charge is -2.16. The Kier molecular flexibility index (Phi) is 4.33. The molecule has 5 heteroatoms. The molecule has 1 unspecified atom stereocenters. The molecule has 24 heavy (non-hydrogen) atoms. The minimum atomic E-state index is -0.913. The van der Waals surface area contributed by atoms with Gasteiger partial charge in [0, 0.05) is 11.4 Å². The smallest absolute Gasteiger partial charge is 0.330 e. The van der Waals surface area contributed by atoms with E-state index in [-0.39, 0.29) is 0 Å². The number of aryl methyl sites for hydroxylation is 2. The van der Waals surface area contributed by atoms with E-state index in [4.69, 9.17) is 0 Å². The molecule has 122 valence electrons. The Hall–Kier alpha value is -3.08. The summed E-state index contributed by atoms with van der Waals surface area (Å²) in [6.45, 7) is 3.96. The largest absolute Gasteiger partial charge is 0.479 e. The normalized spacial score (nSPS) is 11.9. The molecule has 0 amide bonds. The minimum absolute atomic E-state index is 0.715. The summed E-state index contributed by atoms with van der Waals surface area (Å²) in [5, 5.41) is 17.0. The van der Waals surface area contributed by atoms with Crippen LogP contribution in [0.2, 0.25) is 0 Å². The Labute approximate surface area is 140 Å². The molecule has 0 spiro atoms. The first-order valence-electron chi connectivity index (χ1n) is 7.72. The van der Waals surface area contributed by atoms with Crippen LogP contribution in [0.1, 0.15) is 23.0 Å². The summed E-state index contributed by atoms with van der Waals surface area (Å²) in [5.74, 6) is -0.913. The highest BCUT2D eigenvalue weighted by Crippen LogP contribution is 2.21.